The van der Waals surface area contributed by atoms with Crippen molar-refractivity contribution in [1.29, 1.82) is 0 Å². The summed E-state index contributed by atoms with van der Waals surface area (Å²) in [6, 6.07) is 18.3. The lowest BCUT2D eigenvalue weighted by Gasteiger charge is -2.04. The van der Waals surface area contributed by atoms with Gasteiger partial charge in [-0.25, -0.2) is 0 Å². The van der Waals surface area contributed by atoms with E-state index in [4.69, 9.17) is 4.84 Å². The summed E-state index contributed by atoms with van der Waals surface area (Å²) < 4.78 is 0. The first-order valence-electron chi connectivity index (χ1n) is 7.44. The summed E-state index contributed by atoms with van der Waals surface area (Å²) in [5, 5.41) is 13.0. The molecular formula is C19H15N3O. The van der Waals surface area contributed by atoms with E-state index in [2.05, 4.69) is 46.5 Å². The average molecular weight is 301 g/mol. The maximum Gasteiger partial charge on any atom is 0.120 e. The van der Waals surface area contributed by atoms with Crippen molar-refractivity contribution in [3.05, 3.63) is 71.3 Å². The SMILES string of the molecule is CON=C1c2ccccc2-c2nnc(-c3ccc(C)cc3)cc21. The fraction of sp³-hybridized carbons (Fsp3) is 0.105. The lowest BCUT2D eigenvalue weighted by Crippen LogP contribution is -2.01. The molecule has 3 aromatic rings. The Kier molecular flexibility index (Phi) is 3.15. The van der Waals surface area contributed by atoms with E-state index in [9.17, 15) is 0 Å². The van der Waals surface area contributed by atoms with Crippen LogP contribution in [-0.2, 0) is 4.84 Å². The highest BCUT2D eigenvalue weighted by molar-refractivity contribution is 6.23. The van der Waals surface area contributed by atoms with Crippen LogP contribution in [0.1, 0.15) is 16.7 Å². The standard InChI is InChI=1S/C19H15N3O/c1-12-7-9-13(10-8-12)17-11-16-18(21-20-17)14-5-3-4-6-15(14)19(16)22-23-2/h3-11H,1-2H3. The minimum Gasteiger partial charge on any atom is -0.399 e. The predicted molar refractivity (Wildman–Crippen MR) is 90.3 cm³/mol. The molecule has 1 aliphatic carbocycles. The lowest BCUT2D eigenvalue weighted by atomic mass is 10.1. The largest absolute Gasteiger partial charge is 0.399 e. The first-order valence-corrected chi connectivity index (χ1v) is 7.44. The van der Waals surface area contributed by atoms with Gasteiger partial charge in [-0.2, -0.15) is 0 Å². The van der Waals surface area contributed by atoms with Gasteiger partial charge in [0.1, 0.15) is 18.5 Å². The van der Waals surface area contributed by atoms with E-state index in [-0.39, 0.29) is 0 Å². The number of aromatic nitrogens is 2. The molecule has 0 amide bonds. The fourth-order valence-electron chi connectivity index (χ4n) is 2.87. The molecule has 2 aromatic carbocycles. The Morgan fingerprint density at radius 3 is 2.35 bits per heavy atom. The zero-order chi connectivity index (χ0) is 15.8. The van der Waals surface area contributed by atoms with E-state index < -0.39 is 0 Å². The quantitative estimate of drug-likeness (QED) is 0.529. The van der Waals surface area contributed by atoms with E-state index in [0.717, 1.165) is 39.4 Å². The first-order chi connectivity index (χ1) is 11.3. The number of aryl methyl sites for hydroxylation is 1. The molecule has 0 radical (unpaired) electrons. The maximum atomic E-state index is 5.04. The Hall–Kier alpha value is -3.01. The number of hydrogen-bond donors (Lipinski definition) is 0. The minimum atomic E-state index is 0.807. The molecule has 0 saturated carbocycles. The van der Waals surface area contributed by atoms with Crippen LogP contribution in [0, 0.1) is 6.92 Å². The van der Waals surface area contributed by atoms with Gasteiger partial charge >= 0.3 is 0 Å². The molecule has 1 heterocycles. The van der Waals surface area contributed by atoms with Gasteiger partial charge in [-0.3, -0.25) is 0 Å². The van der Waals surface area contributed by atoms with Crippen LogP contribution < -0.4 is 0 Å². The molecular weight excluding hydrogens is 286 g/mol. The van der Waals surface area contributed by atoms with Crippen LogP contribution in [0.3, 0.4) is 0 Å². The van der Waals surface area contributed by atoms with E-state index in [1.54, 1.807) is 7.11 Å². The summed E-state index contributed by atoms with van der Waals surface area (Å²) in [5.74, 6) is 0. The van der Waals surface area contributed by atoms with Crippen molar-refractivity contribution in [3.63, 3.8) is 0 Å². The molecule has 1 aromatic heterocycles. The number of rotatable bonds is 2. The van der Waals surface area contributed by atoms with Gasteiger partial charge in [0, 0.05) is 22.3 Å². The molecule has 1 aliphatic rings. The summed E-state index contributed by atoms with van der Waals surface area (Å²) in [6.07, 6.45) is 0. The van der Waals surface area contributed by atoms with Gasteiger partial charge in [0.2, 0.25) is 0 Å². The summed E-state index contributed by atoms with van der Waals surface area (Å²) in [4.78, 5) is 5.04. The molecule has 0 aliphatic heterocycles. The van der Waals surface area contributed by atoms with Gasteiger partial charge in [-0.05, 0) is 13.0 Å². The molecule has 23 heavy (non-hydrogen) atoms. The minimum absolute atomic E-state index is 0.807. The second kappa shape index (κ2) is 5.32. The maximum absolute atomic E-state index is 5.04. The van der Waals surface area contributed by atoms with Gasteiger partial charge in [-0.15, -0.1) is 10.2 Å². The summed E-state index contributed by atoms with van der Waals surface area (Å²) >= 11 is 0. The highest BCUT2D eigenvalue weighted by Gasteiger charge is 2.27. The van der Waals surface area contributed by atoms with Crippen LogP contribution in [0.5, 0.6) is 0 Å². The number of hydrogen-bond acceptors (Lipinski definition) is 4. The highest BCUT2D eigenvalue weighted by atomic mass is 16.6. The Labute approximate surface area is 134 Å². The van der Waals surface area contributed by atoms with Gasteiger partial charge < -0.3 is 4.84 Å². The van der Waals surface area contributed by atoms with Gasteiger partial charge in [0.25, 0.3) is 0 Å². The van der Waals surface area contributed by atoms with E-state index in [0.29, 0.717) is 0 Å². The van der Waals surface area contributed by atoms with E-state index >= 15 is 0 Å². The van der Waals surface area contributed by atoms with Crippen molar-refractivity contribution in [2.24, 2.45) is 5.16 Å². The predicted octanol–water partition coefficient (Wildman–Crippen LogP) is 3.83. The third-order valence-corrected chi connectivity index (χ3v) is 4.02. The molecule has 0 unspecified atom stereocenters. The second-order valence-corrected chi connectivity index (χ2v) is 5.53. The smallest absolute Gasteiger partial charge is 0.120 e. The zero-order valence-electron chi connectivity index (χ0n) is 12.9. The lowest BCUT2D eigenvalue weighted by molar-refractivity contribution is 0.214. The highest BCUT2D eigenvalue weighted by Crippen LogP contribution is 2.36. The van der Waals surface area contributed by atoms with Crippen LogP contribution >= 0.6 is 0 Å². The van der Waals surface area contributed by atoms with Crippen LogP contribution in [0.2, 0.25) is 0 Å². The van der Waals surface area contributed by atoms with Gasteiger partial charge in [0.15, 0.2) is 0 Å². The molecule has 0 bridgehead atoms. The molecule has 112 valence electrons. The third-order valence-electron chi connectivity index (χ3n) is 4.02. The average Bonchev–Trinajstić information content (AvgIpc) is 2.90. The van der Waals surface area contributed by atoms with Crippen molar-refractivity contribution < 1.29 is 4.84 Å². The van der Waals surface area contributed by atoms with Crippen LogP contribution in [0.25, 0.3) is 22.5 Å². The Balaban J connectivity index is 1.90. The summed E-state index contributed by atoms with van der Waals surface area (Å²) in [5.41, 5.74) is 7.78. The Bertz CT molecular complexity index is 914. The molecule has 4 nitrogen and oxygen atoms in total. The van der Waals surface area contributed by atoms with E-state index in [1.807, 2.05) is 30.3 Å². The van der Waals surface area contributed by atoms with E-state index in [1.165, 1.54) is 5.56 Å². The molecule has 0 atom stereocenters. The molecule has 0 N–H and O–H groups in total. The monoisotopic (exact) mass is 301 g/mol. The van der Waals surface area contributed by atoms with Crippen molar-refractivity contribution in [2.75, 3.05) is 7.11 Å². The van der Waals surface area contributed by atoms with Gasteiger partial charge in [0.05, 0.1) is 5.69 Å². The molecule has 0 fully saturated rings. The molecule has 0 saturated heterocycles. The number of benzene rings is 2. The number of fused-ring (bicyclic) bond motifs is 3. The van der Waals surface area contributed by atoms with Gasteiger partial charge in [-0.1, -0.05) is 59.3 Å². The Morgan fingerprint density at radius 2 is 1.61 bits per heavy atom. The van der Waals surface area contributed by atoms with Crippen LogP contribution in [-0.4, -0.2) is 23.0 Å². The zero-order valence-corrected chi connectivity index (χ0v) is 12.9. The summed E-state index contributed by atoms with van der Waals surface area (Å²) in [6.45, 7) is 2.07. The van der Waals surface area contributed by atoms with Crippen LogP contribution in [0.4, 0.5) is 0 Å². The molecule has 4 rings (SSSR count). The number of nitrogens with zero attached hydrogens (tertiary/aromatic N) is 3. The van der Waals surface area contributed by atoms with Crippen molar-refractivity contribution in [2.45, 2.75) is 6.92 Å². The van der Waals surface area contributed by atoms with Crippen LogP contribution in [0.15, 0.2) is 59.8 Å². The third kappa shape index (κ3) is 2.19. The number of oxime groups is 1. The topological polar surface area (TPSA) is 47.4 Å². The second-order valence-electron chi connectivity index (χ2n) is 5.53. The van der Waals surface area contributed by atoms with Crippen molar-refractivity contribution in [1.82, 2.24) is 10.2 Å². The Morgan fingerprint density at radius 1 is 0.870 bits per heavy atom. The molecule has 4 heteroatoms. The van der Waals surface area contributed by atoms with Crippen molar-refractivity contribution in [3.8, 4) is 22.5 Å². The molecule has 0 spiro atoms. The fourth-order valence-corrected chi connectivity index (χ4v) is 2.87. The summed E-state index contributed by atoms with van der Waals surface area (Å²) in [7, 11) is 1.56. The van der Waals surface area contributed by atoms with Crippen molar-refractivity contribution >= 4 is 5.71 Å². The first kappa shape index (κ1) is 13.6. The normalized spacial score (nSPS) is 13.7.